The molecule has 7 amide bonds. The zero-order chi connectivity index (χ0) is 65.0. The van der Waals surface area contributed by atoms with E-state index in [-0.39, 0.29) is 99.6 Å². The number of aromatic amines is 2. The van der Waals surface area contributed by atoms with Crippen LogP contribution in [-0.2, 0) is 71.9 Å². The summed E-state index contributed by atoms with van der Waals surface area (Å²) in [6.07, 6.45) is 5.18. The Morgan fingerprint density at radius 1 is 0.798 bits per heavy atom. The number of nitrogens with one attached hydrogen (secondary N) is 8. The van der Waals surface area contributed by atoms with Gasteiger partial charge in [0.05, 0.1) is 55.1 Å². The number of carbonyl (C=O) groups excluding carboxylic acids is 10. The van der Waals surface area contributed by atoms with Crippen molar-refractivity contribution in [1.82, 2.24) is 51.8 Å². The summed E-state index contributed by atoms with van der Waals surface area (Å²) in [5.41, 5.74) is 12.7. The topological polar surface area (TPSA) is 405 Å². The first-order valence-corrected chi connectivity index (χ1v) is 30.6. The molecule has 0 radical (unpaired) electrons. The van der Waals surface area contributed by atoms with Crippen LogP contribution in [0.4, 0.5) is 0 Å². The number of likely N-dealkylation sites (N-methyl/N-ethyl adjacent to an activating group) is 1. The van der Waals surface area contributed by atoms with E-state index in [1.165, 1.54) is 41.7 Å². The summed E-state index contributed by atoms with van der Waals surface area (Å²) >= 11 is 0. The number of aromatic hydroxyl groups is 1. The van der Waals surface area contributed by atoms with Crippen LogP contribution in [0, 0.1) is 23.7 Å². The lowest BCUT2D eigenvalue weighted by Crippen LogP contribution is -2.58. The highest BCUT2D eigenvalue weighted by atomic mass is 16.5. The number of aromatic nitrogens is 3. The molecule has 14 N–H and O–H groups in total. The monoisotopic (exact) mass is 1240 g/mol. The van der Waals surface area contributed by atoms with Gasteiger partial charge in [-0.05, 0) is 101 Å². The van der Waals surface area contributed by atoms with Gasteiger partial charge in [-0.1, -0.05) is 44.2 Å². The SMILES string of the molecule is CCNC(=O)[C@@H]1CCCN1C(=O)[C@H](CCCN=C(N)N)CC(=O)[C@H](CC(C)C)NC(=O)[C@@H](COC(C)(C)C)NC(=O)[C@H](Cc1ccc(O)cc1)NC(=O)[C@H](CO)CC(=O)[C@H](Cc1c[nH]c2ccccc12)NC(=O)[C@@H](CC(=O)[C@@H]1CCC(=O)N1)Cc1cnc[nH]1. The van der Waals surface area contributed by atoms with Gasteiger partial charge in [-0.25, -0.2) is 4.98 Å². The highest BCUT2D eigenvalue weighted by molar-refractivity contribution is 5.99. The number of aliphatic imine (C=N–C) groups is 1. The molecule has 2 aliphatic rings. The second-order valence-corrected chi connectivity index (χ2v) is 24.5. The van der Waals surface area contributed by atoms with E-state index < -0.39 is 120 Å². The highest BCUT2D eigenvalue weighted by Gasteiger charge is 2.40. The summed E-state index contributed by atoms with van der Waals surface area (Å²) in [6.45, 7) is 10.2. The van der Waals surface area contributed by atoms with Crippen LogP contribution in [0.2, 0.25) is 0 Å². The summed E-state index contributed by atoms with van der Waals surface area (Å²) in [4.78, 5) is 157. The number of imidazole rings is 1. The Morgan fingerprint density at radius 3 is 2.11 bits per heavy atom. The van der Waals surface area contributed by atoms with Crippen LogP contribution in [0.1, 0.15) is 123 Å². The van der Waals surface area contributed by atoms with Gasteiger partial charge in [-0.15, -0.1) is 0 Å². The van der Waals surface area contributed by atoms with Gasteiger partial charge in [-0.3, -0.25) is 52.9 Å². The zero-order valence-corrected chi connectivity index (χ0v) is 51.7. The van der Waals surface area contributed by atoms with Crippen molar-refractivity contribution in [3.05, 3.63) is 84.1 Å². The number of aliphatic hydroxyl groups is 1. The zero-order valence-electron chi connectivity index (χ0n) is 51.7. The average molecular weight is 1240 g/mol. The normalized spacial score (nSPS) is 17.3. The number of para-hydroxylation sites is 1. The van der Waals surface area contributed by atoms with Crippen molar-refractivity contribution in [3.8, 4) is 5.75 Å². The second-order valence-electron chi connectivity index (χ2n) is 24.5. The minimum Gasteiger partial charge on any atom is -0.508 e. The number of Topliss-reactive ketones (excluding diaryl/α,β-unsaturated/α-hetero) is 3. The van der Waals surface area contributed by atoms with Crippen LogP contribution < -0.4 is 43.4 Å². The Labute approximate surface area is 518 Å². The molecule has 26 heteroatoms. The minimum absolute atomic E-state index is 0.0218. The van der Waals surface area contributed by atoms with Gasteiger partial charge in [-0.2, -0.15) is 0 Å². The predicted molar refractivity (Wildman–Crippen MR) is 330 cm³/mol. The summed E-state index contributed by atoms with van der Waals surface area (Å²) in [5.74, 6) is -9.68. The number of ketones is 3. The maximum absolute atomic E-state index is 14.8. The molecule has 2 aromatic heterocycles. The molecule has 89 heavy (non-hydrogen) atoms. The fraction of sp³-hybridized carbons (Fsp3) is 0.556. The van der Waals surface area contributed by atoms with Crippen molar-refractivity contribution in [2.24, 2.45) is 40.1 Å². The molecule has 9 atom stereocenters. The Hall–Kier alpha value is -8.52. The number of aliphatic hydroxyl groups excluding tert-OH is 1. The molecule has 2 saturated heterocycles. The lowest BCUT2D eigenvalue weighted by Gasteiger charge is -2.30. The number of H-pyrrole nitrogens is 2. The Balaban J connectivity index is 1.24. The third kappa shape index (κ3) is 21.4. The van der Waals surface area contributed by atoms with Crippen molar-refractivity contribution in [2.75, 3.05) is 32.8 Å². The lowest BCUT2D eigenvalue weighted by molar-refractivity contribution is -0.143. The van der Waals surface area contributed by atoms with Crippen LogP contribution in [-0.4, -0.2) is 169 Å². The van der Waals surface area contributed by atoms with Gasteiger partial charge in [0.2, 0.25) is 41.4 Å². The fourth-order valence-electron chi connectivity index (χ4n) is 11.1. The number of rotatable bonds is 35. The quantitative estimate of drug-likeness (QED) is 0.0177. The van der Waals surface area contributed by atoms with E-state index in [0.29, 0.717) is 49.2 Å². The molecule has 2 aliphatic heterocycles. The fourth-order valence-corrected chi connectivity index (χ4v) is 11.1. The number of hydrogen-bond donors (Lipinski definition) is 12. The molecule has 0 aliphatic carbocycles. The van der Waals surface area contributed by atoms with Crippen molar-refractivity contribution in [1.29, 1.82) is 0 Å². The number of amides is 7. The number of benzene rings is 2. The largest absolute Gasteiger partial charge is 0.508 e. The number of nitrogens with two attached hydrogens (primary N) is 2. The first kappa shape index (κ1) is 69.6. The third-order valence-corrected chi connectivity index (χ3v) is 15.8. The van der Waals surface area contributed by atoms with Crippen molar-refractivity contribution in [2.45, 2.75) is 167 Å². The van der Waals surface area contributed by atoms with Gasteiger partial charge in [0.1, 0.15) is 23.9 Å². The summed E-state index contributed by atoms with van der Waals surface area (Å²) in [6, 6.07) is 6.06. The second kappa shape index (κ2) is 33.2. The van der Waals surface area contributed by atoms with Crippen molar-refractivity contribution < 1.29 is 62.9 Å². The van der Waals surface area contributed by atoms with E-state index in [4.69, 9.17) is 16.2 Å². The maximum atomic E-state index is 14.8. The number of nitrogens with zero attached hydrogens (tertiary/aromatic N) is 3. The van der Waals surface area contributed by atoms with Crippen molar-refractivity contribution >= 4 is 75.6 Å². The third-order valence-electron chi connectivity index (χ3n) is 15.8. The van der Waals surface area contributed by atoms with Gasteiger partial charge in [0, 0.05) is 99.5 Å². The molecule has 4 heterocycles. The number of guanidine groups is 1. The van der Waals surface area contributed by atoms with Crippen LogP contribution in [0.5, 0.6) is 5.75 Å². The van der Waals surface area contributed by atoms with Crippen LogP contribution in [0.25, 0.3) is 10.9 Å². The number of likely N-dealkylation sites (tertiary alicyclic amines) is 1. The molecular weight excluding hydrogens is 1150 g/mol. The Kier molecular flexibility index (Phi) is 25.9. The molecule has 2 aromatic carbocycles. The van der Waals surface area contributed by atoms with E-state index in [2.05, 4.69) is 51.8 Å². The molecule has 0 unspecified atom stereocenters. The Bertz CT molecular complexity index is 3120. The molecule has 26 nitrogen and oxygen atoms in total. The lowest BCUT2D eigenvalue weighted by atomic mass is 9.89. The number of hydrogen-bond acceptors (Lipinski definition) is 15. The summed E-state index contributed by atoms with van der Waals surface area (Å²) in [5, 5.41) is 38.3. The van der Waals surface area contributed by atoms with E-state index in [9.17, 15) is 58.2 Å². The summed E-state index contributed by atoms with van der Waals surface area (Å²) < 4.78 is 6.07. The number of ether oxygens (including phenoxy) is 1. The molecular formula is C63H89N13O13. The first-order chi connectivity index (χ1) is 42.3. The predicted octanol–water partition coefficient (Wildman–Crippen LogP) is 1.60. The molecule has 0 bridgehead atoms. The average Bonchev–Trinajstić information content (AvgIpc) is 4.49. The van der Waals surface area contributed by atoms with E-state index >= 15 is 0 Å². The first-order valence-electron chi connectivity index (χ1n) is 30.6. The van der Waals surface area contributed by atoms with Crippen LogP contribution >= 0.6 is 0 Å². The number of carbonyl (C=O) groups is 10. The van der Waals surface area contributed by atoms with E-state index in [1.807, 2.05) is 38.1 Å². The maximum Gasteiger partial charge on any atom is 0.245 e. The van der Waals surface area contributed by atoms with E-state index in [0.717, 1.165) is 10.9 Å². The van der Waals surface area contributed by atoms with Crippen molar-refractivity contribution in [3.63, 3.8) is 0 Å². The molecule has 0 spiro atoms. The number of phenols is 1. The van der Waals surface area contributed by atoms with Gasteiger partial charge in [0.25, 0.3) is 0 Å². The summed E-state index contributed by atoms with van der Waals surface area (Å²) in [7, 11) is 0. The smallest absolute Gasteiger partial charge is 0.245 e. The molecule has 0 saturated carbocycles. The minimum atomic E-state index is -1.51. The Morgan fingerprint density at radius 2 is 1.46 bits per heavy atom. The van der Waals surface area contributed by atoms with Gasteiger partial charge < -0.3 is 73.2 Å². The standard InChI is InChI=1S/C63H89N13O13/c1-7-67-60(87)51-15-11-23-76(51)61(88)38(12-10-22-68-62(64)65)28-53(80)47(24-36(2)3)73-59(86)50(34-89-63(4,5)6)75-58(85)49(25-37-16-18-43(78)19-17-37)74-57(84)41(33-77)30-54(81)48(27-40-31-69-45-14-9-8-13-44(40)45)72-56(83)39(26-42-32-66-35-70-42)29-52(79)46-20-21-55(82)71-46/h8-9,13-14,16-19,31-32,35-36,38-39,41,46-51,69,77-78H,7,10-12,15,20-30,33-34H2,1-6H3,(H,66,70)(H,67,87)(H,71,82)(H,72,83)(H,73,86)(H,74,84)(H,75,85)(H4,64,65,68)/t38-,39-,41+,46+,47+,48+,49+,50-,51+/m1/s1. The molecule has 4 aromatic rings. The van der Waals surface area contributed by atoms with Gasteiger partial charge >= 0.3 is 0 Å². The number of fused-ring (bicyclic) bond motifs is 1. The molecule has 6 rings (SSSR count). The van der Waals surface area contributed by atoms with Crippen LogP contribution in [0.15, 0.2) is 72.2 Å². The van der Waals surface area contributed by atoms with E-state index in [1.54, 1.807) is 33.9 Å². The van der Waals surface area contributed by atoms with Gasteiger partial charge in [0.15, 0.2) is 23.3 Å². The van der Waals surface area contributed by atoms with Crippen LogP contribution in [0.3, 0.4) is 0 Å². The molecule has 2 fully saturated rings. The number of phenolic OH excluding ortho intramolecular Hbond substituents is 1. The highest BCUT2D eigenvalue weighted by Crippen LogP contribution is 2.27. The molecule has 484 valence electrons.